The van der Waals surface area contributed by atoms with Crippen LogP contribution in [-0.4, -0.2) is 13.4 Å². The molecule has 0 aliphatic carbocycles. The SMILES string of the molecule is Cc1ccc(-c2csc(-c3ccc(S(N)(=O)=O)cc3)n2)cc1. The van der Waals surface area contributed by atoms with E-state index >= 15 is 0 Å². The Bertz CT molecular complexity index is 896. The van der Waals surface area contributed by atoms with Crippen molar-refractivity contribution in [2.45, 2.75) is 11.8 Å². The molecule has 0 unspecified atom stereocenters. The highest BCUT2D eigenvalue weighted by Gasteiger charge is 2.10. The van der Waals surface area contributed by atoms with Crippen LogP contribution in [0.5, 0.6) is 0 Å². The summed E-state index contributed by atoms with van der Waals surface area (Å²) in [6.45, 7) is 2.04. The minimum absolute atomic E-state index is 0.103. The molecule has 3 aromatic rings. The van der Waals surface area contributed by atoms with Gasteiger partial charge in [-0.25, -0.2) is 18.5 Å². The predicted octanol–water partition coefficient (Wildman–Crippen LogP) is 3.43. The third kappa shape index (κ3) is 3.09. The van der Waals surface area contributed by atoms with Crippen molar-refractivity contribution >= 4 is 21.4 Å². The van der Waals surface area contributed by atoms with Gasteiger partial charge in [-0.3, -0.25) is 0 Å². The number of aromatic nitrogens is 1. The van der Waals surface area contributed by atoms with Gasteiger partial charge in [-0.2, -0.15) is 0 Å². The van der Waals surface area contributed by atoms with E-state index in [1.165, 1.54) is 29.0 Å². The van der Waals surface area contributed by atoms with Gasteiger partial charge < -0.3 is 0 Å². The van der Waals surface area contributed by atoms with Gasteiger partial charge in [-0.05, 0) is 19.1 Å². The van der Waals surface area contributed by atoms with Gasteiger partial charge in [0.05, 0.1) is 10.6 Å². The van der Waals surface area contributed by atoms with E-state index < -0.39 is 10.0 Å². The maximum absolute atomic E-state index is 11.3. The molecule has 1 heterocycles. The highest BCUT2D eigenvalue weighted by atomic mass is 32.2. The van der Waals surface area contributed by atoms with Crippen LogP contribution in [0.25, 0.3) is 21.8 Å². The van der Waals surface area contributed by atoms with Crippen LogP contribution in [0.1, 0.15) is 5.56 Å². The Hall–Kier alpha value is -2.02. The lowest BCUT2D eigenvalue weighted by Gasteiger charge is -2.00. The fraction of sp³-hybridized carbons (Fsp3) is 0.0625. The normalized spacial score (nSPS) is 11.5. The second-order valence-corrected chi connectivity index (χ2v) is 7.39. The van der Waals surface area contributed by atoms with E-state index in [4.69, 9.17) is 5.14 Å². The molecular weight excluding hydrogens is 316 g/mol. The zero-order chi connectivity index (χ0) is 15.7. The number of thiazole rings is 1. The van der Waals surface area contributed by atoms with Gasteiger partial charge in [0.2, 0.25) is 10.0 Å². The van der Waals surface area contributed by atoms with Crippen molar-refractivity contribution < 1.29 is 8.42 Å². The van der Waals surface area contributed by atoms with E-state index in [0.717, 1.165) is 21.8 Å². The molecule has 22 heavy (non-hydrogen) atoms. The third-order valence-electron chi connectivity index (χ3n) is 3.28. The van der Waals surface area contributed by atoms with Crippen LogP contribution < -0.4 is 5.14 Å². The standard InChI is InChI=1S/C16H14N2O2S2/c1-11-2-4-12(5-3-11)15-10-21-16(18-15)13-6-8-14(9-7-13)22(17,19)20/h2-10H,1H3,(H2,17,19,20). The van der Waals surface area contributed by atoms with Crippen LogP contribution >= 0.6 is 11.3 Å². The van der Waals surface area contributed by atoms with Crippen LogP contribution in [0.15, 0.2) is 58.8 Å². The smallest absolute Gasteiger partial charge is 0.236 e. The summed E-state index contributed by atoms with van der Waals surface area (Å²) in [6.07, 6.45) is 0. The lowest BCUT2D eigenvalue weighted by atomic mass is 10.1. The maximum atomic E-state index is 11.3. The second-order valence-electron chi connectivity index (χ2n) is 4.97. The Balaban J connectivity index is 1.92. The third-order valence-corrected chi connectivity index (χ3v) is 5.10. The molecule has 0 aliphatic rings. The fourth-order valence-corrected chi connectivity index (χ4v) is 3.40. The first kappa shape index (κ1) is 14.9. The van der Waals surface area contributed by atoms with Crippen molar-refractivity contribution in [3.8, 4) is 21.8 Å². The minimum Gasteiger partial charge on any atom is -0.236 e. The molecule has 0 fully saturated rings. The van der Waals surface area contributed by atoms with Gasteiger partial charge in [0.1, 0.15) is 5.01 Å². The number of rotatable bonds is 3. The van der Waals surface area contributed by atoms with Gasteiger partial charge in [-0.15, -0.1) is 11.3 Å². The lowest BCUT2D eigenvalue weighted by molar-refractivity contribution is 0.598. The van der Waals surface area contributed by atoms with Crippen LogP contribution in [0.4, 0.5) is 0 Å². The Morgan fingerprint density at radius 1 is 0.955 bits per heavy atom. The lowest BCUT2D eigenvalue weighted by Crippen LogP contribution is -2.11. The maximum Gasteiger partial charge on any atom is 0.238 e. The second kappa shape index (κ2) is 5.64. The van der Waals surface area contributed by atoms with Gasteiger partial charge >= 0.3 is 0 Å². The predicted molar refractivity (Wildman–Crippen MR) is 89.1 cm³/mol. The van der Waals surface area contributed by atoms with Crippen molar-refractivity contribution in [2.75, 3.05) is 0 Å². The first-order chi connectivity index (χ1) is 10.4. The molecule has 112 valence electrons. The zero-order valence-electron chi connectivity index (χ0n) is 11.9. The summed E-state index contributed by atoms with van der Waals surface area (Å²) in [6, 6.07) is 14.6. The molecule has 0 bridgehead atoms. The first-order valence-corrected chi connectivity index (χ1v) is 9.02. The van der Waals surface area contributed by atoms with Gasteiger partial charge in [0.15, 0.2) is 0 Å². The summed E-state index contributed by atoms with van der Waals surface area (Å²) in [5, 5.41) is 7.93. The summed E-state index contributed by atoms with van der Waals surface area (Å²) in [5.74, 6) is 0. The van der Waals surface area contributed by atoms with E-state index in [1.807, 2.05) is 24.4 Å². The highest BCUT2D eigenvalue weighted by molar-refractivity contribution is 7.89. The molecular formula is C16H14N2O2S2. The van der Waals surface area contributed by atoms with Crippen molar-refractivity contribution in [3.63, 3.8) is 0 Å². The molecule has 2 aromatic carbocycles. The van der Waals surface area contributed by atoms with Crippen LogP contribution in [0.2, 0.25) is 0 Å². The number of aryl methyl sites for hydroxylation is 1. The van der Waals surface area contributed by atoms with Crippen LogP contribution in [0.3, 0.4) is 0 Å². The van der Waals surface area contributed by atoms with Gasteiger partial charge in [0.25, 0.3) is 0 Å². The number of nitrogens with two attached hydrogens (primary N) is 1. The molecule has 0 amide bonds. The molecule has 2 N–H and O–H groups in total. The summed E-state index contributed by atoms with van der Waals surface area (Å²) < 4.78 is 22.5. The van der Waals surface area contributed by atoms with Gasteiger partial charge in [0, 0.05) is 16.5 Å². The molecule has 0 aliphatic heterocycles. The Labute approximate surface area is 133 Å². The average Bonchev–Trinajstić information content (AvgIpc) is 2.97. The highest BCUT2D eigenvalue weighted by Crippen LogP contribution is 2.29. The van der Waals surface area contributed by atoms with E-state index in [-0.39, 0.29) is 4.90 Å². The van der Waals surface area contributed by atoms with Crippen molar-refractivity contribution in [1.29, 1.82) is 0 Å². The molecule has 1 aromatic heterocycles. The number of primary sulfonamides is 1. The van der Waals surface area contributed by atoms with Crippen molar-refractivity contribution in [2.24, 2.45) is 5.14 Å². The number of benzene rings is 2. The number of hydrogen-bond donors (Lipinski definition) is 1. The largest absolute Gasteiger partial charge is 0.238 e. The summed E-state index contributed by atoms with van der Waals surface area (Å²) in [5.41, 5.74) is 4.05. The average molecular weight is 330 g/mol. The monoisotopic (exact) mass is 330 g/mol. The van der Waals surface area contributed by atoms with Gasteiger partial charge in [-0.1, -0.05) is 42.0 Å². The Kier molecular flexibility index (Phi) is 3.82. The van der Waals surface area contributed by atoms with Crippen molar-refractivity contribution in [1.82, 2.24) is 4.98 Å². The molecule has 4 nitrogen and oxygen atoms in total. The topological polar surface area (TPSA) is 73.1 Å². The Morgan fingerprint density at radius 2 is 1.55 bits per heavy atom. The quantitative estimate of drug-likeness (QED) is 0.799. The fourth-order valence-electron chi connectivity index (χ4n) is 2.05. The molecule has 0 radical (unpaired) electrons. The molecule has 0 saturated carbocycles. The molecule has 0 saturated heterocycles. The van der Waals surface area contributed by atoms with E-state index in [1.54, 1.807) is 12.1 Å². The van der Waals surface area contributed by atoms with Crippen LogP contribution in [-0.2, 0) is 10.0 Å². The van der Waals surface area contributed by atoms with E-state index in [2.05, 4.69) is 17.1 Å². The van der Waals surface area contributed by atoms with E-state index in [0.29, 0.717) is 0 Å². The summed E-state index contributed by atoms with van der Waals surface area (Å²) in [7, 11) is -3.66. The molecule has 0 spiro atoms. The van der Waals surface area contributed by atoms with Crippen LogP contribution in [0, 0.1) is 6.92 Å². The number of nitrogens with zero attached hydrogens (tertiary/aromatic N) is 1. The minimum atomic E-state index is -3.66. The molecule has 3 rings (SSSR count). The summed E-state index contributed by atoms with van der Waals surface area (Å²) >= 11 is 1.52. The van der Waals surface area contributed by atoms with Crippen molar-refractivity contribution in [3.05, 3.63) is 59.5 Å². The number of sulfonamides is 1. The summed E-state index contributed by atoms with van der Waals surface area (Å²) in [4.78, 5) is 4.71. The van der Waals surface area contributed by atoms with E-state index in [9.17, 15) is 8.42 Å². The first-order valence-electron chi connectivity index (χ1n) is 6.59. The number of hydrogen-bond acceptors (Lipinski definition) is 4. The molecule has 0 atom stereocenters. The molecule has 6 heteroatoms. The zero-order valence-corrected chi connectivity index (χ0v) is 13.5. The Morgan fingerprint density at radius 3 is 2.14 bits per heavy atom.